The van der Waals surface area contributed by atoms with Gasteiger partial charge in [-0.25, -0.2) is 8.42 Å². The highest BCUT2D eigenvalue weighted by molar-refractivity contribution is 7.89. The Kier molecular flexibility index (Phi) is 5.24. The molecular weight excluding hydrogens is 366 g/mol. The van der Waals surface area contributed by atoms with Crippen molar-refractivity contribution in [1.29, 1.82) is 0 Å². The van der Waals surface area contributed by atoms with Crippen molar-refractivity contribution in [2.24, 2.45) is 5.41 Å². The first-order chi connectivity index (χ1) is 13.0. The van der Waals surface area contributed by atoms with E-state index in [9.17, 15) is 13.2 Å². The van der Waals surface area contributed by atoms with Crippen molar-refractivity contribution in [3.05, 3.63) is 29.8 Å². The molecule has 3 heterocycles. The summed E-state index contributed by atoms with van der Waals surface area (Å²) in [6, 6.07) is 6.60. The van der Waals surface area contributed by atoms with Crippen molar-refractivity contribution < 1.29 is 17.9 Å². The average Bonchev–Trinajstić information content (AvgIpc) is 3.16. The minimum Gasteiger partial charge on any atom is -0.379 e. The molecule has 0 saturated carbocycles. The number of rotatable bonds is 3. The van der Waals surface area contributed by atoms with E-state index in [1.54, 1.807) is 24.3 Å². The number of carbonyl (C=O) groups excluding carboxylic acids is 1. The lowest BCUT2D eigenvalue weighted by atomic mass is 9.78. The van der Waals surface area contributed by atoms with Crippen LogP contribution in [0.4, 0.5) is 0 Å². The normalized spacial score (nSPS) is 23.6. The minimum atomic E-state index is -3.70. The maximum Gasteiger partial charge on any atom is 0.255 e. The van der Waals surface area contributed by atoms with Gasteiger partial charge in [0.15, 0.2) is 0 Å². The molecule has 148 valence electrons. The molecule has 1 spiro atoms. The van der Waals surface area contributed by atoms with Crippen molar-refractivity contribution in [2.45, 2.75) is 24.2 Å². The fraction of sp³-hybridized carbons (Fsp3) is 0.632. The third-order valence-corrected chi connectivity index (χ3v) is 8.11. The van der Waals surface area contributed by atoms with Gasteiger partial charge in [0, 0.05) is 32.7 Å². The molecule has 3 aliphatic rings. The Morgan fingerprint density at radius 3 is 2.41 bits per heavy atom. The first-order valence-corrected chi connectivity index (χ1v) is 11.1. The van der Waals surface area contributed by atoms with Gasteiger partial charge in [0.1, 0.15) is 0 Å². The van der Waals surface area contributed by atoms with Gasteiger partial charge >= 0.3 is 0 Å². The second-order valence-corrected chi connectivity index (χ2v) is 9.64. The number of piperidine rings is 1. The lowest BCUT2D eigenvalue weighted by molar-refractivity contribution is 0.0602. The molecular formula is C19H27N3O4S. The van der Waals surface area contributed by atoms with E-state index in [-0.39, 0.29) is 16.4 Å². The Labute approximate surface area is 160 Å². The molecule has 27 heavy (non-hydrogen) atoms. The van der Waals surface area contributed by atoms with E-state index < -0.39 is 10.0 Å². The summed E-state index contributed by atoms with van der Waals surface area (Å²) in [5.74, 6) is -0.178. The zero-order valence-corrected chi connectivity index (χ0v) is 16.3. The van der Waals surface area contributed by atoms with Gasteiger partial charge in [-0.2, -0.15) is 4.31 Å². The summed E-state index contributed by atoms with van der Waals surface area (Å²) in [7, 11) is -3.70. The summed E-state index contributed by atoms with van der Waals surface area (Å²) < 4.78 is 32.9. The van der Waals surface area contributed by atoms with Crippen LogP contribution in [0.3, 0.4) is 0 Å². The molecule has 0 aliphatic carbocycles. The molecule has 3 fully saturated rings. The fourth-order valence-electron chi connectivity index (χ4n) is 4.37. The van der Waals surface area contributed by atoms with Crippen molar-refractivity contribution in [3.63, 3.8) is 0 Å². The molecule has 1 amide bonds. The molecule has 3 saturated heterocycles. The van der Waals surface area contributed by atoms with Gasteiger partial charge in [0.2, 0.25) is 10.0 Å². The summed E-state index contributed by atoms with van der Waals surface area (Å²) in [6.45, 7) is 4.87. The zero-order valence-electron chi connectivity index (χ0n) is 15.5. The summed E-state index contributed by atoms with van der Waals surface area (Å²) in [6.07, 6.45) is 3.12. The van der Waals surface area contributed by atoms with Crippen LogP contribution in [0.2, 0.25) is 0 Å². The van der Waals surface area contributed by atoms with Gasteiger partial charge in [0.25, 0.3) is 5.91 Å². The molecule has 3 aliphatic heterocycles. The van der Waals surface area contributed by atoms with E-state index in [0.29, 0.717) is 44.8 Å². The average molecular weight is 394 g/mol. The Morgan fingerprint density at radius 1 is 1.04 bits per heavy atom. The molecule has 0 aromatic heterocycles. The van der Waals surface area contributed by atoms with Crippen LogP contribution >= 0.6 is 0 Å². The fourth-order valence-corrected chi connectivity index (χ4v) is 5.96. The third kappa shape index (κ3) is 3.63. The molecule has 0 atom stereocenters. The van der Waals surface area contributed by atoms with Gasteiger partial charge < -0.3 is 15.0 Å². The second-order valence-electron chi connectivity index (χ2n) is 7.73. The summed E-state index contributed by atoms with van der Waals surface area (Å²) in [5.41, 5.74) is 0.598. The van der Waals surface area contributed by atoms with E-state index >= 15 is 0 Å². The van der Waals surface area contributed by atoms with Gasteiger partial charge in [0.05, 0.1) is 23.7 Å². The number of carbonyl (C=O) groups is 1. The monoisotopic (exact) mass is 393 g/mol. The number of hydrogen-bond donors (Lipinski definition) is 1. The molecule has 1 N–H and O–H groups in total. The number of amides is 1. The SMILES string of the molecule is O=C(c1ccccc1S(=O)(=O)N1CCOCC1)N1CCC2(CCNC2)CC1. The lowest BCUT2D eigenvalue weighted by Crippen LogP contribution is -2.45. The topological polar surface area (TPSA) is 79.0 Å². The largest absolute Gasteiger partial charge is 0.379 e. The standard InChI is InChI=1S/C19H27N3O4S/c23-18(21-9-6-19(7-10-21)5-8-20-15-19)16-3-1-2-4-17(16)27(24,25)22-11-13-26-14-12-22/h1-4,20H,5-15H2. The van der Waals surface area contributed by atoms with Crippen molar-refractivity contribution in [3.8, 4) is 0 Å². The number of likely N-dealkylation sites (tertiary alicyclic amines) is 1. The van der Waals surface area contributed by atoms with Crippen LogP contribution in [-0.4, -0.2) is 76.0 Å². The molecule has 8 heteroatoms. The Morgan fingerprint density at radius 2 is 1.74 bits per heavy atom. The van der Waals surface area contributed by atoms with Crippen LogP contribution in [0.15, 0.2) is 29.2 Å². The number of ether oxygens (including phenoxy) is 1. The van der Waals surface area contributed by atoms with Gasteiger partial charge in [-0.3, -0.25) is 4.79 Å². The Bertz CT molecular complexity index is 789. The number of morpholine rings is 1. The van der Waals surface area contributed by atoms with Crippen LogP contribution < -0.4 is 5.32 Å². The predicted octanol–water partition coefficient (Wildman–Crippen LogP) is 0.923. The van der Waals surface area contributed by atoms with Crippen LogP contribution in [0, 0.1) is 5.41 Å². The maximum absolute atomic E-state index is 13.2. The van der Waals surface area contributed by atoms with Crippen LogP contribution in [-0.2, 0) is 14.8 Å². The van der Waals surface area contributed by atoms with Gasteiger partial charge in [-0.1, -0.05) is 12.1 Å². The Balaban J connectivity index is 1.55. The zero-order chi connectivity index (χ0) is 18.9. The van der Waals surface area contributed by atoms with Gasteiger partial charge in [-0.05, 0) is 43.4 Å². The van der Waals surface area contributed by atoms with E-state index in [2.05, 4.69) is 5.32 Å². The highest BCUT2D eigenvalue weighted by Crippen LogP contribution is 2.37. The smallest absolute Gasteiger partial charge is 0.255 e. The number of benzene rings is 1. The highest BCUT2D eigenvalue weighted by atomic mass is 32.2. The molecule has 1 aromatic rings. The first-order valence-electron chi connectivity index (χ1n) is 9.69. The summed E-state index contributed by atoms with van der Waals surface area (Å²) in [5, 5.41) is 3.43. The second kappa shape index (κ2) is 7.50. The van der Waals surface area contributed by atoms with Crippen LogP contribution in [0.5, 0.6) is 0 Å². The maximum atomic E-state index is 13.2. The molecule has 7 nitrogen and oxygen atoms in total. The van der Waals surface area contributed by atoms with Crippen LogP contribution in [0.25, 0.3) is 0 Å². The molecule has 4 rings (SSSR count). The highest BCUT2D eigenvalue weighted by Gasteiger charge is 2.39. The number of hydrogen-bond acceptors (Lipinski definition) is 5. The number of nitrogens with one attached hydrogen (secondary N) is 1. The molecule has 0 radical (unpaired) electrons. The van der Waals surface area contributed by atoms with E-state index in [1.807, 2.05) is 4.90 Å². The van der Waals surface area contributed by atoms with Crippen molar-refractivity contribution in [1.82, 2.24) is 14.5 Å². The van der Waals surface area contributed by atoms with E-state index in [4.69, 9.17) is 4.74 Å². The van der Waals surface area contributed by atoms with E-state index in [0.717, 1.165) is 32.4 Å². The lowest BCUT2D eigenvalue weighted by Gasteiger charge is -2.39. The Hall–Kier alpha value is -1.48. The predicted molar refractivity (Wildman–Crippen MR) is 101 cm³/mol. The van der Waals surface area contributed by atoms with Crippen molar-refractivity contribution >= 4 is 15.9 Å². The van der Waals surface area contributed by atoms with Crippen LogP contribution in [0.1, 0.15) is 29.6 Å². The number of nitrogens with zero attached hydrogens (tertiary/aromatic N) is 2. The number of sulfonamides is 1. The summed E-state index contributed by atoms with van der Waals surface area (Å²) in [4.78, 5) is 15.1. The summed E-state index contributed by atoms with van der Waals surface area (Å²) >= 11 is 0. The molecule has 0 unspecified atom stereocenters. The van der Waals surface area contributed by atoms with Crippen molar-refractivity contribution in [2.75, 3.05) is 52.5 Å². The van der Waals surface area contributed by atoms with E-state index in [1.165, 1.54) is 4.31 Å². The van der Waals surface area contributed by atoms with Gasteiger partial charge in [-0.15, -0.1) is 0 Å². The first kappa shape index (κ1) is 18.9. The minimum absolute atomic E-state index is 0.111. The molecule has 1 aromatic carbocycles. The molecule has 0 bridgehead atoms. The quantitative estimate of drug-likeness (QED) is 0.826. The third-order valence-electron chi connectivity index (χ3n) is 6.15.